The average Bonchev–Trinajstić information content (AvgIpc) is 2.93. The maximum Gasteiger partial charge on any atom is 0.106 e. The summed E-state index contributed by atoms with van der Waals surface area (Å²) in [7, 11) is 2.11. The predicted molar refractivity (Wildman–Crippen MR) is 83.1 cm³/mol. The van der Waals surface area contributed by atoms with Crippen molar-refractivity contribution in [2.24, 2.45) is 0 Å². The van der Waals surface area contributed by atoms with Gasteiger partial charge in [0.05, 0.1) is 12.7 Å². The summed E-state index contributed by atoms with van der Waals surface area (Å²) in [6.07, 6.45) is 11.0. The summed E-state index contributed by atoms with van der Waals surface area (Å²) in [4.78, 5) is 3.64. The molecule has 0 fully saturated rings. The highest BCUT2D eigenvalue weighted by atomic mass is 15.1. The Bertz CT molecular complexity index is 494. The summed E-state index contributed by atoms with van der Waals surface area (Å²) in [6, 6.07) is 8.68. The summed E-state index contributed by atoms with van der Waals surface area (Å²) in [5, 5.41) is 0. The van der Waals surface area contributed by atoms with E-state index in [0.29, 0.717) is 0 Å². The molecule has 100 valence electrons. The molecule has 0 aliphatic carbocycles. The number of benzene rings is 1. The van der Waals surface area contributed by atoms with E-state index >= 15 is 0 Å². The number of hydrogen-bond donors (Lipinski definition) is 1. The van der Waals surface area contributed by atoms with Crippen molar-refractivity contribution < 1.29 is 4.90 Å². The molecule has 2 nitrogen and oxygen atoms in total. The first-order chi connectivity index (χ1) is 9.22. The first-order valence-electron chi connectivity index (χ1n) is 6.97. The van der Waals surface area contributed by atoms with E-state index in [1.807, 2.05) is 0 Å². The minimum atomic E-state index is 1.03. The SMILES string of the molecule is CCN(C)c1ccc(/C=C/C2=C[NH+](CC)C=C2)cc1. The third-order valence-electron chi connectivity index (χ3n) is 3.53. The van der Waals surface area contributed by atoms with Crippen molar-refractivity contribution in [2.45, 2.75) is 13.8 Å². The Morgan fingerprint density at radius 1 is 1.11 bits per heavy atom. The number of hydrogen-bond acceptors (Lipinski definition) is 1. The van der Waals surface area contributed by atoms with Crippen molar-refractivity contribution in [2.75, 3.05) is 25.0 Å². The van der Waals surface area contributed by atoms with Crippen molar-refractivity contribution in [1.29, 1.82) is 0 Å². The van der Waals surface area contributed by atoms with Crippen LogP contribution in [0.5, 0.6) is 0 Å². The van der Waals surface area contributed by atoms with Gasteiger partial charge in [0.15, 0.2) is 0 Å². The van der Waals surface area contributed by atoms with E-state index in [0.717, 1.165) is 13.1 Å². The van der Waals surface area contributed by atoms with Crippen LogP contribution >= 0.6 is 0 Å². The van der Waals surface area contributed by atoms with Gasteiger partial charge in [-0.05, 0) is 37.6 Å². The van der Waals surface area contributed by atoms with Gasteiger partial charge in [0.25, 0.3) is 0 Å². The van der Waals surface area contributed by atoms with Gasteiger partial charge in [0.2, 0.25) is 0 Å². The lowest BCUT2D eigenvalue weighted by Crippen LogP contribution is -3.01. The van der Waals surface area contributed by atoms with E-state index in [9.17, 15) is 0 Å². The van der Waals surface area contributed by atoms with Crippen LogP contribution in [-0.4, -0.2) is 20.1 Å². The third-order valence-corrected chi connectivity index (χ3v) is 3.53. The molecule has 0 bridgehead atoms. The molecule has 0 saturated heterocycles. The highest BCUT2D eigenvalue weighted by Gasteiger charge is 2.05. The zero-order valence-corrected chi connectivity index (χ0v) is 12.1. The molecule has 1 heterocycles. The van der Waals surface area contributed by atoms with Crippen LogP contribution < -0.4 is 9.80 Å². The van der Waals surface area contributed by atoms with Gasteiger partial charge >= 0.3 is 0 Å². The quantitative estimate of drug-likeness (QED) is 0.849. The predicted octanol–water partition coefficient (Wildman–Crippen LogP) is 2.47. The Hall–Kier alpha value is -1.80. The van der Waals surface area contributed by atoms with Crippen LogP contribution in [0.2, 0.25) is 0 Å². The minimum Gasteiger partial charge on any atom is -0.375 e. The number of nitrogens with one attached hydrogen (secondary N) is 1. The molecule has 1 N–H and O–H groups in total. The van der Waals surface area contributed by atoms with Gasteiger partial charge in [0, 0.05) is 30.9 Å². The monoisotopic (exact) mass is 255 g/mol. The van der Waals surface area contributed by atoms with Crippen LogP contribution in [0.25, 0.3) is 6.08 Å². The maximum absolute atomic E-state index is 2.25. The molecule has 0 spiro atoms. The molecule has 2 heteroatoms. The third kappa shape index (κ3) is 3.58. The van der Waals surface area contributed by atoms with Crippen LogP contribution in [0.4, 0.5) is 5.69 Å². The van der Waals surface area contributed by atoms with Gasteiger partial charge in [-0.2, -0.15) is 0 Å². The van der Waals surface area contributed by atoms with Crippen LogP contribution in [0.3, 0.4) is 0 Å². The zero-order chi connectivity index (χ0) is 13.7. The molecule has 1 aromatic carbocycles. The highest BCUT2D eigenvalue weighted by molar-refractivity contribution is 5.58. The van der Waals surface area contributed by atoms with E-state index in [4.69, 9.17) is 0 Å². The first kappa shape index (κ1) is 13.6. The van der Waals surface area contributed by atoms with Crippen LogP contribution in [0, 0.1) is 0 Å². The molecule has 0 radical (unpaired) electrons. The minimum absolute atomic E-state index is 1.03. The Kier molecular flexibility index (Phi) is 4.58. The van der Waals surface area contributed by atoms with Crippen LogP contribution in [-0.2, 0) is 0 Å². The zero-order valence-electron chi connectivity index (χ0n) is 12.1. The summed E-state index contributed by atoms with van der Waals surface area (Å²) < 4.78 is 0. The molecule has 1 unspecified atom stereocenters. The van der Waals surface area contributed by atoms with Gasteiger partial charge < -0.3 is 4.90 Å². The van der Waals surface area contributed by atoms with Gasteiger partial charge in [0.1, 0.15) is 6.20 Å². The summed E-state index contributed by atoms with van der Waals surface area (Å²) in [5.41, 5.74) is 3.79. The van der Waals surface area contributed by atoms with E-state index < -0.39 is 0 Å². The fourth-order valence-electron chi connectivity index (χ4n) is 2.05. The van der Waals surface area contributed by atoms with Crippen molar-refractivity contribution in [3.8, 4) is 0 Å². The highest BCUT2D eigenvalue weighted by Crippen LogP contribution is 2.15. The molecule has 19 heavy (non-hydrogen) atoms. The summed E-state index contributed by atoms with van der Waals surface area (Å²) in [6.45, 7) is 6.48. The first-order valence-corrected chi connectivity index (χ1v) is 6.97. The fraction of sp³-hybridized carbons (Fsp3) is 0.294. The Morgan fingerprint density at radius 3 is 2.42 bits per heavy atom. The molecule has 1 atom stereocenters. The standard InChI is InChI=1S/C17H22N2/c1-4-18(3)17-10-8-15(9-11-17)6-7-16-12-13-19(5-2)14-16/h6-14H,4-5H2,1-3H3/p+1/b7-6+. The molecule has 1 aliphatic heterocycles. The second kappa shape index (κ2) is 6.39. The van der Waals surface area contributed by atoms with E-state index in [1.54, 1.807) is 0 Å². The summed E-state index contributed by atoms with van der Waals surface area (Å²) in [5.74, 6) is 0. The average molecular weight is 255 g/mol. The largest absolute Gasteiger partial charge is 0.375 e. The fourth-order valence-corrected chi connectivity index (χ4v) is 2.05. The van der Waals surface area contributed by atoms with Crippen molar-refractivity contribution in [1.82, 2.24) is 0 Å². The van der Waals surface area contributed by atoms with Gasteiger partial charge in [-0.25, -0.2) is 0 Å². The van der Waals surface area contributed by atoms with Crippen LogP contribution in [0.15, 0.2) is 54.4 Å². The lowest BCUT2D eigenvalue weighted by atomic mass is 10.1. The van der Waals surface area contributed by atoms with Gasteiger partial charge in [-0.1, -0.05) is 18.2 Å². The second-order valence-electron chi connectivity index (χ2n) is 4.85. The molecular formula is C17H23N2+. The Labute approximate surface area is 116 Å². The van der Waals surface area contributed by atoms with Crippen LogP contribution in [0.1, 0.15) is 19.4 Å². The van der Waals surface area contributed by atoms with Crippen molar-refractivity contribution in [3.05, 3.63) is 60.0 Å². The van der Waals surface area contributed by atoms with Crippen molar-refractivity contribution >= 4 is 11.8 Å². The van der Waals surface area contributed by atoms with Crippen molar-refractivity contribution in [3.63, 3.8) is 0 Å². The normalized spacial score (nSPS) is 18.1. The maximum atomic E-state index is 2.25. The van der Waals surface area contributed by atoms with Gasteiger partial charge in [-0.15, -0.1) is 0 Å². The lowest BCUT2D eigenvalue weighted by molar-refractivity contribution is -0.785. The number of anilines is 1. The molecule has 0 amide bonds. The molecule has 0 aromatic heterocycles. The Morgan fingerprint density at radius 2 is 1.84 bits per heavy atom. The number of quaternary nitrogens is 1. The number of allylic oxidation sites excluding steroid dienone is 3. The van der Waals surface area contributed by atoms with Gasteiger partial charge in [-0.3, -0.25) is 4.90 Å². The Balaban J connectivity index is 2.02. The molecule has 1 aliphatic rings. The second-order valence-corrected chi connectivity index (χ2v) is 4.85. The lowest BCUT2D eigenvalue weighted by Gasteiger charge is -2.16. The van der Waals surface area contributed by atoms with E-state index in [-0.39, 0.29) is 0 Å². The summed E-state index contributed by atoms with van der Waals surface area (Å²) >= 11 is 0. The smallest absolute Gasteiger partial charge is 0.106 e. The number of rotatable bonds is 5. The molecule has 1 aromatic rings. The molecule has 0 saturated carbocycles. The number of nitrogens with zero attached hydrogens (tertiary/aromatic N) is 1. The molecular weight excluding hydrogens is 232 g/mol. The van der Waals surface area contributed by atoms with E-state index in [2.05, 4.69) is 80.7 Å². The van der Waals surface area contributed by atoms with E-state index in [1.165, 1.54) is 21.7 Å². The molecule has 2 rings (SSSR count). The topological polar surface area (TPSA) is 7.68 Å².